The summed E-state index contributed by atoms with van der Waals surface area (Å²) in [7, 11) is 3.05. The van der Waals surface area contributed by atoms with Gasteiger partial charge < -0.3 is 14.2 Å². The van der Waals surface area contributed by atoms with Gasteiger partial charge in [0.15, 0.2) is 0 Å². The fourth-order valence-corrected chi connectivity index (χ4v) is 11.7. The second-order valence-corrected chi connectivity index (χ2v) is 15.3. The van der Waals surface area contributed by atoms with E-state index in [2.05, 4.69) is 47.6 Å². The normalized spacial score (nSPS) is 47.3. The quantitative estimate of drug-likeness (QED) is 0.214. The van der Waals surface area contributed by atoms with E-state index in [9.17, 15) is 14.4 Å². The van der Waals surface area contributed by atoms with Crippen molar-refractivity contribution < 1.29 is 28.6 Å². The summed E-state index contributed by atoms with van der Waals surface area (Å²) >= 11 is 0. The number of esters is 3. The highest BCUT2D eigenvalue weighted by Gasteiger charge is 2.73. The topological polar surface area (TPSA) is 78.9 Å². The van der Waals surface area contributed by atoms with Crippen LogP contribution in [0.2, 0.25) is 0 Å². The molecular weight excluding hydrogens is 504 g/mol. The summed E-state index contributed by atoms with van der Waals surface area (Å²) in [5, 5.41) is 0. The summed E-state index contributed by atoms with van der Waals surface area (Å²) in [5.41, 5.74) is -0.589. The summed E-state index contributed by atoms with van der Waals surface area (Å²) in [6, 6.07) is 0. The van der Waals surface area contributed by atoms with Gasteiger partial charge in [-0.2, -0.15) is 0 Å². The molecule has 0 aromatic heterocycles. The maximum absolute atomic E-state index is 14.3. The van der Waals surface area contributed by atoms with Crippen LogP contribution in [0, 0.1) is 56.7 Å². The molecule has 0 N–H and O–H groups in total. The number of ether oxygens (including phenoxy) is 3. The van der Waals surface area contributed by atoms with Crippen molar-refractivity contribution in [3.8, 4) is 0 Å². The molecule has 0 aromatic carbocycles. The highest BCUT2D eigenvalue weighted by molar-refractivity contribution is 5.86. The van der Waals surface area contributed by atoms with Gasteiger partial charge in [-0.05, 0) is 98.2 Å². The van der Waals surface area contributed by atoms with Crippen LogP contribution in [0.1, 0.15) is 106 Å². The van der Waals surface area contributed by atoms with Crippen molar-refractivity contribution in [3.05, 3.63) is 11.6 Å². The third kappa shape index (κ3) is 3.62. The van der Waals surface area contributed by atoms with Crippen LogP contribution in [0.15, 0.2) is 11.6 Å². The van der Waals surface area contributed by atoms with E-state index in [0.717, 1.165) is 44.9 Å². The monoisotopic (exact) mass is 556 g/mol. The third-order valence-electron chi connectivity index (χ3n) is 13.8. The van der Waals surface area contributed by atoms with Gasteiger partial charge in [-0.25, -0.2) is 0 Å². The van der Waals surface area contributed by atoms with Gasteiger partial charge in [0.1, 0.15) is 6.10 Å². The standard InChI is InChI=1S/C34H52O6/c1-20-12-17-33(28(36)38-8)18-19-34(29(37)39-9)23(27(33)21(20)2)10-11-25-31(6)15-14-26(40-22(3)35)30(4,5)24(31)13-16-32(25,34)7/h10,20-21,24-27H,11-19H2,1-9H3/t20-,21-,24+,25+,26+,27+,31+,32+,33-,34-/m1/s1. The maximum Gasteiger partial charge on any atom is 0.316 e. The van der Waals surface area contributed by atoms with Crippen LogP contribution in [-0.4, -0.2) is 38.2 Å². The Morgan fingerprint density at radius 2 is 1.50 bits per heavy atom. The molecule has 0 heterocycles. The van der Waals surface area contributed by atoms with E-state index in [1.54, 1.807) is 0 Å². The van der Waals surface area contributed by atoms with Crippen molar-refractivity contribution >= 4 is 17.9 Å². The van der Waals surface area contributed by atoms with Crippen molar-refractivity contribution in [2.24, 2.45) is 56.7 Å². The Kier molecular flexibility index (Phi) is 7.11. The number of methoxy groups -OCH3 is 2. The lowest BCUT2D eigenvalue weighted by Gasteiger charge is -2.70. The average molecular weight is 557 g/mol. The molecule has 0 radical (unpaired) electrons. The minimum absolute atomic E-state index is 0.00143. The number of rotatable bonds is 3. The van der Waals surface area contributed by atoms with Gasteiger partial charge in [0.2, 0.25) is 0 Å². The molecule has 0 aromatic rings. The predicted octanol–water partition coefficient (Wildman–Crippen LogP) is 6.90. The van der Waals surface area contributed by atoms with Crippen LogP contribution in [0.25, 0.3) is 0 Å². The SMILES string of the molecule is COC(=O)[C@@]12CC[C@@H](C)[C@@H](C)[C@H]1C1=CC[C@H]3[C@@]4(C)CC[C@H](OC(C)=O)C(C)(C)[C@@H]4CC[C@]3(C)[C@]1(C(=O)OC)CC2. The lowest BCUT2D eigenvalue weighted by atomic mass is 9.33. The van der Waals surface area contributed by atoms with E-state index in [0.29, 0.717) is 30.6 Å². The summed E-state index contributed by atoms with van der Waals surface area (Å²) in [5.74, 6) is 0.962. The van der Waals surface area contributed by atoms with Crippen LogP contribution in [0.5, 0.6) is 0 Å². The van der Waals surface area contributed by atoms with Gasteiger partial charge >= 0.3 is 17.9 Å². The van der Waals surface area contributed by atoms with Crippen molar-refractivity contribution in [2.75, 3.05) is 14.2 Å². The Morgan fingerprint density at radius 3 is 2.12 bits per heavy atom. The van der Waals surface area contributed by atoms with Crippen LogP contribution in [-0.2, 0) is 28.6 Å². The van der Waals surface area contributed by atoms with Gasteiger partial charge in [0, 0.05) is 12.3 Å². The molecule has 0 spiro atoms. The van der Waals surface area contributed by atoms with Crippen molar-refractivity contribution in [2.45, 2.75) is 112 Å². The molecule has 5 rings (SSSR count). The highest BCUT2D eigenvalue weighted by Crippen LogP contribution is 2.76. The minimum atomic E-state index is -0.747. The highest BCUT2D eigenvalue weighted by atomic mass is 16.5. The van der Waals surface area contributed by atoms with E-state index in [4.69, 9.17) is 14.2 Å². The van der Waals surface area contributed by atoms with Gasteiger partial charge in [0.05, 0.1) is 25.0 Å². The number of hydrogen-bond acceptors (Lipinski definition) is 6. The van der Waals surface area contributed by atoms with Gasteiger partial charge in [-0.1, -0.05) is 53.2 Å². The largest absolute Gasteiger partial charge is 0.469 e. The smallest absolute Gasteiger partial charge is 0.316 e. The van der Waals surface area contributed by atoms with Crippen molar-refractivity contribution in [1.82, 2.24) is 0 Å². The Balaban J connectivity index is 1.65. The zero-order valence-electron chi connectivity index (χ0n) is 26.4. The Hall–Kier alpha value is -1.85. The lowest BCUT2D eigenvalue weighted by Crippen LogP contribution is -2.68. The summed E-state index contributed by atoms with van der Waals surface area (Å²) in [6.07, 6.45) is 10.0. The van der Waals surface area contributed by atoms with Gasteiger partial charge in [-0.15, -0.1) is 0 Å². The molecule has 10 atom stereocenters. The summed E-state index contributed by atoms with van der Waals surface area (Å²) in [4.78, 5) is 39.9. The Bertz CT molecular complexity index is 1110. The zero-order chi connectivity index (χ0) is 29.5. The van der Waals surface area contributed by atoms with E-state index in [1.807, 2.05) is 0 Å². The number of carbonyl (C=O) groups excluding carboxylic acids is 3. The Morgan fingerprint density at radius 1 is 0.825 bits per heavy atom. The molecule has 6 heteroatoms. The van der Waals surface area contributed by atoms with Gasteiger partial charge in [-0.3, -0.25) is 14.4 Å². The van der Waals surface area contributed by atoms with Crippen LogP contribution >= 0.6 is 0 Å². The Labute approximate surface area is 241 Å². The molecule has 5 aliphatic carbocycles. The van der Waals surface area contributed by atoms with Crippen LogP contribution in [0.4, 0.5) is 0 Å². The first kappa shape index (κ1) is 29.6. The molecule has 0 saturated heterocycles. The lowest BCUT2D eigenvalue weighted by molar-refractivity contribution is -0.222. The minimum Gasteiger partial charge on any atom is -0.469 e. The van der Waals surface area contributed by atoms with E-state index < -0.39 is 10.8 Å². The molecule has 0 amide bonds. The number of fused-ring (bicyclic) bond motifs is 7. The fourth-order valence-electron chi connectivity index (χ4n) is 11.7. The maximum atomic E-state index is 14.3. The third-order valence-corrected chi connectivity index (χ3v) is 13.8. The van der Waals surface area contributed by atoms with E-state index >= 15 is 0 Å². The average Bonchev–Trinajstić information content (AvgIpc) is 2.90. The second-order valence-electron chi connectivity index (χ2n) is 15.3. The molecule has 40 heavy (non-hydrogen) atoms. The number of hydrogen-bond donors (Lipinski definition) is 0. The molecule has 4 fully saturated rings. The van der Waals surface area contributed by atoms with Crippen LogP contribution < -0.4 is 0 Å². The van der Waals surface area contributed by atoms with Crippen LogP contribution in [0.3, 0.4) is 0 Å². The fraction of sp³-hybridized carbons (Fsp3) is 0.853. The van der Waals surface area contributed by atoms with E-state index in [1.165, 1.54) is 26.7 Å². The zero-order valence-corrected chi connectivity index (χ0v) is 26.4. The second kappa shape index (κ2) is 9.59. The molecule has 5 aliphatic rings. The molecule has 6 nitrogen and oxygen atoms in total. The van der Waals surface area contributed by atoms with E-state index in [-0.39, 0.29) is 52.1 Å². The first-order valence-electron chi connectivity index (χ1n) is 15.7. The first-order valence-corrected chi connectivity index (χ1v) is 15.7. The molecular formula is C34H52O6. The molecule has 0 unspecified atom stereocenters. The summed E-state index contributed by atoms with van der Waals surface area (Å²) < 4.78 is 17.1. The predicted molar refractivity (Wildman–Crippen MR) is 153 cm³/mol. The first-order chi connectivity index (χ1) is 18.7. The number of allylic oxidation sites excluding steroid dienone is 1. The molecule has 224 valence electrons. The molecule has 0 bridgehead atoms. The molecule has 4 saturated carbocycles. The van der Waals surface area contributed by atoms with Crippen molar-refractivity contribution in [3.63, 3.8) is 0 Å². The summed E-state index contributed by atoms with van der Waals surface area (Å²) in [6.45, 7) is 15.5. The van der Waals surface area contributed by atoms with Gasteiger partial charge in [0.25, 0.3) is 0 Å². The van der Waals surface area contributed by atoms with Crippen molar-refractivity contribution in [1.29, 1.82) is 0 Å². The molecule has 0 aliphatic heterocycles. The number of carbonyl (C=O) groups is 3.